The molecule has 3 unspecified atom stereocenters. The number of aromatic nitrogens is 3. The van der Waals surface area contributed by atoms with Crippen molar-refractivity contribution < 1.29 is 21.6 Å². The van der Waals surface area contributed by atoms with Gasteiger partial charge in [-0.1, -0.05) is 18.6 Å². The van der Waals surface area contributed by atoms with Gasteiger partial charge in [0.25, 0.3) is 5.89 Å². The van der Waals surface area contributed by atoms with Crippen LogP contribution in [-0.4, -0.2) is 52.9 Å². The molecule has 208 valence electrons. The van der Waals surface area contributed by atoms with Gasteiger partial charge in [-0.05, 0) is 93.8 Å². The molecule has 0 N–H and O–H groups in total. The van der Waals surface area contributed by atoms with E-state index in [2.05, 4.69) is 20.1 Å². The second-order valence-electron chi connectivity index (χ2n) is 11.2. The molecular weight excluding hydrogens is 524 g/mol. The molecule has 3 fully saturated rings. The highest BCUT2D eigenvalue weighted by molar-refractivity contribution is 7.93. The molecule has 0 amide bonds. The SMILES string of the molecule is Cc1cccc(N(Cc2ccc(-c3nnc(C(F)F)o3)cn2)S(=O)(=O)C2CCN(C3CC4CCC3C4)CC2)c1. The van der Waals surface area contributed by atoms with E-state index in [9.17, 15) is 17.2 Å². The van der Waals surface area contributed by atoms with Crippen LogP contribution in [0.5, 0.6) is 0 Å². The fourth-order valence-corrected chi connectivity index (χ4v) is 8.57. The summed E-state index contributed by atoms with van der Waals surface area (Å²) in [6.07, 6.45) is 5.11. The van der Waals surface area contributed by atoms with Crippen molar-refractivity contribution in [2.24, 2.45) is 11.8 Å². The van der Waals surface area contributed by atoms with Crippen molar-refractivity contribution >= 4 is 15.7 Å². The highest BCUT2D eigenvalue weighted by Crippen LogP contribution is 2.47. The Balaban J connectivity index is 1.20. The van der Waals surface area contributed by atoms with Gasteiger partial charge in [-0.25, -0.2) is 8.42 Å². The van der Waals surface area contributed by atoms with Crippen LogP contribution in [0.2, 0.25) is 0 Å². The van der Waals surface area contributed by atoms with E-state index in [0.29, 0.717) is 35.8 Å². The van der Waals surface area contributed by atoms with Crippen LogP contribution >= 0.6 is 0 Å². The second kappa shape index (κ2) is 10.6. The van der Waals surface area contributed by atoms with Crippen LogP contribution in [0.3, 0.4) is 0 Å². The van der Waals surface area contributed by atoms with Gasteiger partial charge in [0, 0.05) is 12.2 Å². The third-order valence-corrected chi connectivity index (χ3v) is 10.9. The first-order valence-electron chi connectivity index (χ1n) is 13.7. The van der Waals surface area contributed by atoms with Crippen molar-refractivity contribution in [2.45, 2.75) is 69.7 Å². The molecule has 2 aromatic heterocycles. The minimum absolute atomic E-state index is 0.0603. The molecular formula is C28H33F2N5O3S. The van der Waals surface area contributed by atoms with Gasteiger partial charge in [0.05, 0.1) is 28.7 Å². The van der Waals surface area contributed by atoms with Crippen LogP contribution in [0.1, 0.15) is 62.1 Å². The van der Waals surface area contributed by atoms with Crippen molar-refractivity contribution in [1.29, 1.82) is 0 Å². The van der Waals surface area contributed by atoms with Crippen molar-refractivity contribution in [3.05, 3.63) is 59.7 Å². The van der Waals surface area contributed by atoms with Crippen LogP contribution in [0.15, 0.2) is 47.0 Å². The average molecular weight is 558 g/mol. The van der Waals surface area contributed by atoms with Crippen LogP contribution < -0.4 is 4.31 Å². The molecule has 0 spiro atoms. The summed E-state index contributed by atoms with van der Waals surface area (Å²) in [7, 11) is -3.68. The van der Waals surface area contributed by atoms with Crippen molar-refractivity contribution in [2.75, 3.05) is 17.4 Å². The number of benzene rings is 1. The largest absolute Gasteiger partial charge is 0.415 e. The maximum Gasteiger partial charge on any atom is 0.314 e. The second-order valence-corrected chi connectivity index (χ2v) is 13.3. The zero-order chi connectivity index (χ0) is 27.1. The Morgan fingerprint density at radius 2 is 1.90 bits per heavy atom. The maximum absolute atomic E-state index is 14.1. The Bertz CT molecular complexity index is 1410. The van der Waals surface area contributed by atoms with E-state index in [0.717, 1.165) is 30.5 Å². The number of alkyl halides is 2. The summed E-state index contributed by atoms with van der Waals surface area (Å²) in [6, 6.07) is 11.4. The Morgan fingerprint density at radius 1 is 1.08 bits per heavy atom. The number of fused-ring (bicyclic) bond motifs is 2. The summed E-state index contributed by atoms with van der Waals surface area (Å²) in [5.74, 6) is 0.838. The van der Waals surface area contributed by atoms with E-state index in [1.807, 2.05) is 31.2 Å². The lowest BCUT2D eigenvalue weighted by Gasteiger charge is -2.40. The van der Waals surface area contributed by atoms with Crippen LogP contribution in [0.4, 0.5) is 14.5 Å². The van der Waals surface area contributed by atoms with Gasteiger partial charge in [0.15, 0.2) is 0 Å². The van der Waals surface area contributed by atoms with Gasteiger partial charge in [0.2, 0.25) is 15.9 Å². The fourth-order valence-electron chi connectivity index (χ4n) is 6.69. The molecule has 8 nitrogen and oxygen atoms in total. The smallest absolute Gasteiger partial charge is 0.314 e. The van der Waals surface area contributed by atoms with E-state index < -0.39 is 27.6 Å². The summed E-state index contributed by atoms with van der Waals surface area (Å²) < 4.78 is 60.3. The molecule has 1 saturated heterocycles. The lowest BCUT2D eigenvalue weighted by atomic mass is 9.92. The zero-order valence-corrected chi connectivity index (χ0v) is 22.7. The summed E-state index contributed by atoms with van der Waals surface area (Å²) in [6.45, 7) is 3.63. The van der Waals surface area contributed by atoms with Crippen molar-refractivity contribution in [3.63, 3.8) is 0 Å². The number of hydrogen-bond donors (Lipinski definition) is 0. The fraction of sp³-hybridized carbons (Fsp3) is 0.536. The highest BCUT2D eigenvalue weighted by atomic mass is 32.2. The quantitative estimate of drug-likeness (QED) is 0.368. The highest BCUT2D eigenvalue weighted by Gasteiger charge is 2.44. The van der Waals surface area contributed by atoms with Gasteiger partial charge in [-0.2, -0.15) is 8.78 Å². The third kappa shape index (κ3) is 5.30. The summed E-state index contributed by atoms with van der Waals surface area (Å²) in [5.41, 5.74) is 2.48. The first-order chi connectivity index (χ1) is 18.8. The van der Waals surface area contributed by atoms with E-state index >= 15 is 0 Å². The Labute approximate surface area is 227 Å². The Morgan fingerprint density at radius 3 is 2.51 bits per heavy atom. The molecule has 0 radical (unpaired) electrons. The van der Waals surface area contributed by atoms with E-state index in [1.54, 1.807) is 12.1 Å². The minimum Gasteiger partial charge on any atom is -0.415 e. The molecule has 3 aromatic rings. The summed E-state index contributed by atoms with van der Waals surface area (Å²) >= 11 is 0. The van der Waals surface area contributed by atoms with Crippen LogP contribution in [-0.2, 0) is 16.6 Å². The number of piperidine rings is 1. The first-order valence-corrected chi connectivity index (χ1v) is 15.2. The number of nitrogens with zero attached hydrogens (tertiary/aromatic N) is 5. The number of halogens is 2. The van der Waals surface area contributed by atoms with Crippen LogP contribution in [0.25, 0.3) is 11.5 Å². The molecule has 39 heavy (non-hydrogen) atoms. The Hall–Kier alpha value is -2.92. The van der Waals surface area contributed by atoms with E-state index in [4.69, 9.17) is 4.42 Å². The monoisotopic (exact) mass is 557 g/mol. The predicted octanol–water partition coefficient (Wildman–Crippen LogP) is 5.37. The topological polar surface area (TPSA) is 92.4 Å². The molecule has 1 aromatic carbocycles. The number of rotatable bonds is 8. The maximum atomic E-state index is 14.1. The number of anilines is 1. The lowest BCUT2D eigenvalue weighted by molar-refractivity contribution is 0.116. The first kappa shape index (κ1) is 26.3. The number of hydrogen-bond acceptors (Lipinski definition) is 7. The molecule has 2 bridgehead atoms. The molecule has 1 aliphatic heterocycles. The van der Waals surface area contributed by atoms with E-state index in [-0.39, 0.29) is 12.4 Å². The standard InChI is InChI=1S/C28H33F2N5O3S/c1-18-3-2-4-23(13-18)35(17-22-8-7-21(16-31-22)27-32-33-28(38-27)26(29)30)39(36,37)24-9-11-34(12-10-24)25-15-19-5-6-20(25)14-19/h2-4,7-8,13,16,19-20,24-26H,5-6,9-12,14-15,17H2,1H3. The van der Waals surface area contributed by atoms with Gasteiger partial charge in [-0.15, -0.1) is 10.2 Å². The van der Waals surface area contributed by atoms with Gasteiger partial charge >= 0.3 is 6.43 Å². The molecule has 6 rings (SSSR count). The lowest BCUT2D eigenvalue weighted by Crippen LogP contribution is -2.49. The number of pyridine rings is 1. The van der Waals surface area contributed by atoms with E-state index in [1.165, 1.54) is 36.2 Å². The summed E-state index contributed by atoms with van der Waals surface area (Å²) in [5, 5.41) is 6.55. The van der Waals surface area contributed by atoms with Gasteiger partial charge < -0.3 is 9.32 Å². The normalized spacial score (nSPS) is 24.1. The van der Waals surface area contributed by atoms with Crippen LogP contribution in [0, 0.1) is 18.8 Å². The van der Waals surface area contributed by atoms with Gasteiger partial charge in [-0.3, -0.25) is 9.29 Å². The number of aryl methyl sites for hydroxylation is 1. The van der Waals surface area contributed by atoms with Gasteiger partial charge in [0.1, 0.15) is 0 Å². The molecule has 2 saturated carbocycles. The molecule has 3 aliphatic rings. The number of sulfonamides is 1. The summed E-state index contributed by atoms with van der Waals surface area (Å²) in [4.78, 5) is 6.96. The predicted molar refractivity (Wildman–Crippen MR) is 143 cm³/mol. The number of likely N-dealkylation sites (tertiary alicyclic amines) is 1. The molecule has 3 heterocycles. The van der Waals surface area contributed by atoms with Crippen molar-refractivity contribution in [3.8, 4) is 11.5 Å². The zero-order valence-electron chi connectivity index (χ0n) is 21.9. The third-order valence-electron chi connectivity index (χ3n) is 8.67. The van der Waals surface area contributed by atoms with Crippen molar-refractivity contribution in [1.82, 2.24) is 20.1 Å². The average Bonchev–Trinajstić information content (AvgIpc) is 3.70. The molecule has 11 heteroatoms. The molecule has 2 aliphatic carbocycles. The molecule has 3 atom stereocenters. The Kier molecular flexibility index (Phi) is 7.13. The minimum atomic E-state index is -3.68.